The predicted molar refractivity (Wildman–Crippen MR) is 78.2 cm³/mol. The van der Waals surface area contributed by atoms with E-state index in [2.05, 4.69) is 0 Å². The molecule has 0 spiro atoms. The van der Waals surface area contributed by atoms with Gasteiger partial charge in [0, 0.05) is 12.1 Å². The van der Waals surface area contributed by atoms with E-state index < -0.39 is 0 Å². The normalized spacial score (nSPS) is 10.6. The third-order valence-electron chi connectivity index (χ3n) is 2.92. The molecule has 0 amide bonds. The number of carbonyl (C=O) groups excluding carboxylic acids is 1. The van der Waals surface area contributed by atoms with Gasteiger partial charge in [-0.3, -0.25) is 4.79 Å². The van der Waals surface area contributed by atoms with E-state index in [0.717, 1.165) is 0 Å². The van der Waals surface area contributed by atoms with E-state index in [0.29, 0.717) is 22.8 Å². The molecule has 0 radical (unpaired) electrons. The maximum atomic E-state index is 11.9. The van der Waals surface area contributed by atoms with E-state index in [1.807, 2.05) is 0 Å². The molecule has 0 bridgehead atoms. The molecular formula is C16H16O5. The summed E-state index contributed by atoms with van der Waals surface area (Å²) in [7, 11) is 4.64. The molecule has 5 nitrogen and oxygen atoms in total. The zero-order valence-electron chi connectivity index (χ0n) is 12.1. The Kier molecular flexibility index (Phi) is 4.66. The highest BCUT2D eigenvalue weighted by Crippen LogP contribution is 2.35. The lowest BCUT2D eigenvalue weighted by Gasteiger charge is -2.12. The minimum absolute atomic E-state index is 0.236. The SMILES string of the molecule is COc1cc(OC)c(C=CC(=O)c2ccco2)c(OC)c1. The molecule has 1 aromatic heterocycles. The fourth-order valence-corrected chi connectivity index (χ4v) is 1.86. The molecule has 21 heavy (non-hydrogen) atoms. The van der Waals surface area contributed by atoms with E-state index in [4.69, 9.17) is 18.6 Å². The van der Waals surface area contributed by atoms with Crippen molar-refractivity contribution in [3.63, 3.8) is 0 Å². The van der Waals surface area contributed by atoms with Crippen LogP contribution in [0.1, 0.15) is 16.1 Å². The minimum Gasteiger partial charge on any atom is -0.496 e. The monoisotopic (exact) mass is 288 g/mol. The Morgan fingerprint density at radius 1 is 1.10 bits per heavy atom. The second-order valence-electron chi connectivity index (χ2n) is 4.12. The van der Waals surface area contributed by atoms with Crippen LogP contribution in [0.2, 0.25) is 0 Å². The van der Waals surface area contributed by atoms with E-state index >= 15 is 0 Å². The van der Waals surface area contributed by atoms with Gasteiger partial charge in [0.15, 0.2) is 5.76 Å². The standard InChI is InChI=1S/C16H16O5/c1-18-11-9-15(19-2)12(16(10-11)20-3)6-7-13(17)14-5-4-8-21-14/h4-10H,1-3H3. The molecule has 0 unspecified atom stereocenters. The number of hydrogen-bond acceptors (Lipinski definition) is 5. The van der Waals surface area contributed by atoms with Crippen LogP contribution in [-0.4, -0.2) is 27.1 Å². The molecule has 0 fully saturated rings. The van der Waals surface area contributed by atoms with E-state index in [1.165, 1.54) is 12.3 Å². The van der Waals surface area contributed by atoms with Crippen LogP contribution in [0, 0.1) is 0 Å². The Morgan fingerprint density at radius 2 is 1.76 bits per heavy atom. The number of ketones is 1. The second kappa shape index (κ2) is 6.65. The van der Waals surface area contributed by atoms with Gasteiger partial charge in [-0.05, 0) is 24.3 Å². The molecule has 1 heterocycles. The molecule has 2 rings (SSSR count). The van der Waals surface area contributed by atoms with Crippen molar-refractivity contribution in [2.75, 3.05) is 21.3 Å². The zero-order chi connectivity index (χ0) is 15.2. The number of furan rings is 1. The number of rotatable bonds is 6. The lowest BCUT2D eigenvalue weighted by Crippen LogP contribution is -1.96. The maximum absolute atomic E-state index is 11.9. The summed E-state index contributed by atoms with van der Waals surface area (Å²) in [6.45, 7) is 0. The van der Waals surface area contributed by atoms with Crippen molar-refractivity contribution in [1.82, 2.24) is 0 Å². The molecule has 2 aromatic rings. The number of hydrogen-bond donors (Lipinski definition) is 0. The van der Waals surface area contributed by atoms with Gasteiger partial charge in [0.1, 0.15) is 17.2 Å². The van der Waals surface area contributed by atoms with Crippen molar-refractivity contribution >= 4 is 11.9 Å². The van der Waals surface area contributed by atoms with Crippen LogP contribution in [0.25, 0.3) is 6.08 Å². The highest BCUT2D eigenvalue weighted by Gasteiger charge is 2.12. The summed E-state index contributed by atoms with van der Waals surface area (Å²) in [5.74, 6) is 1.75. The largest absolute Gasteiger partial charge is 0.496 e. The third kappa shape index (κ3) is 3.25. The summed E-state index contributed by atoms with van der Waals surface area (Å²) in [6.07, 6.45) is 4.49. The maximum Gasteiger partial charge on any atom is 0.221 e. The molecule has 0 saturated heterocycles. The fraction of sp³-hybridized carbons (Fsp3) is 0.188. The van der Waals surface area contributed by atoms with Gasteiger partial charge in [0.05, 0.1) is 33.2 Å². The van der Waals surface area contributed by atoms with Gasteiger partial charge in [-0.15, -0.1) is 0 Å². The fourth-order valence-electron chi connectivity index (χ4n) is 1.86. The Labute approximate surface area is 122 Å². The molecule has 0 aliphatic heterocycles. The first kappa shape index (κ1) is 14.7. The van der Waals surface area contributed by atoms with Gasteiger partial charge >= 0.3 is 0 Å². The average molecular weight is 288 g/mol. The van der Waals surface area contributed by atoms with Crippen molar-refractivity contribution in [3.05, 3.63) is 47.9 Å². The van der Waals surface area contributed by atoms with Gasteiger partial charge in [-0.2, -0.15) is 0 Å². The van der Waals surface area contributed by atoms with Crippen LogP contribution in [0.5, 0.6) is 17.2 Å². The smallest absolute Gasteiger partial charge is 0.221 e. The van der Waals surface area contributed by atoms with E-state index in [1.54, 1.807) is 51.7 Å². The predicted octanol–water partition coefficient (Wildman–Crippen LogP) is 3.20. The zero-order valence-corrected chi connectivity index (χ0v) is 12.1. The summed E-state index contributed by atoms with van der Waals surface area (Å²) in [4.78, 5) is 11.9. The summed E-state index contributed by atoms with van der Waals surface area (Å²) in [5.41, 5.74) is 0.653. The number of ether oxygens (including phenoxy) is 3. The van der Waals surface area contributed by atoms with Gasteiger partial charge in [0.2, 0.25) is 5.78 Å². The summed E-state index contributed by atoms with van der Waals surface area (Å²) >= 11 is 0. The Morgan fingerprint density at radius 3 is 2.24 bits per heavy atom. The first-order valence-electron chi connectivity index (χ1n) is 6.25. The number of carbonyl (C=O) groups is 1. The Balaban J connectivity index is 2.36. The minimum atomic E-state index is -0.236. The first-order valence-corrected chi connectivity index (χ1v) is 6.25. The Bertz CT molecular complexity index is 616. The molecule has 110 valence electrons. The number of benzene rings is 1. The quantitative estimate of drug-likeness (QED) is 0.603. The first-order chi connectivity index (χ1) is 10.2. The van der Waals surface area contributed by atoms with Gasteiger partial charge in [0.25, 0.3) is 0 Å². The topological polar surface area (TPSA) is 57.9 Å². The molecular weight excluding hydrogens is 272 g/mol. The van der Waals surface area contributed by atoms with Crippen molar-refractivity contribution in [2.45, 2.75) is 0 Å². The molecule has 0 saturated carbocycles. The van der Waals surface area contributed by atoms with Crippen molar-refractivity contribution in [3.8, 4) is 17.2 Å². The van der Waals surface area contributed by atoms with Crippen LogP contribution >= 0.6 is 0 Å². The van der Waals surface area contributed by atoms with Gasteiger partial charge < -0.3 is 18.6 Å². The van der Waals surface area contributed by atoms with E-state index in [-0.39, 0.29) is 11.5 Å². The Hall–Kier alpha value is -2.69. The van der Waals surface area contributed by atoms with Crippen LogP contribution in [0.4, 0.5) is 0 Å². The van der Waals surface area contributed by atoms with Crippen molar-refractivity contribution in [2.24, 2.45) is 0 Å². The van der Waals surface area contributed by atoms with Crippen LogP contribution in [-0.2, 0) is 0 Å². The van der Waals surface area contributed by atoms with Crippen molar-refractivity contribution in [1.29, 1.82) is 0 Å². The molecule has 0 aliphatic rings. The lowest BCUT2D eigenvalue weighted by atomic mass is 10.1. The van der Waals surface area contributed by atoms with Crippen LogP contribution in [0.3, 0.4) is 0 Å². The van der Waals surface area contributed by atoms with Crippen molar-refractivity contribution < 1.29 is 23.4 Å². The van der Waals surface area contributed by atoms with Gasteiger partial charge in [-0.1, -0.05) is 0 Å². The van der Waals surface area contributed by atoms with Crippen LogP contribution < -0.4 is 14.2 Å². The molecule has 0 N–H and O–H groups in total. The number of allylic oxidation sites excluding steroid dienone is 1. The third-order valence-corrected chi connectivity index (χ3v) is 2.92. The second-order valence-corrected chi connectivity index (χ2v) is 4.12. The molecule has 0 atom stereocenters. The highest BCUT2D eigenvalue weighted by molar-refractivity contribution is 6.05. The molecule has 0 aliphatic carbocycles. The number of methoxy groups -OCH3 is 3. The summed E-state index contributed by atoms with van der Waals surface area (Å²) < 4.78 is 20.8. The van der Waals surface area contributed by atoms with Gasteiger partial charge in [-0.25, -0.2) is 0 Å². The summed E-state index contributed by atoms with van der Waals surface area (Å²) in [5, 5.41) is 0. The van der Waals surface area contributed by atoms with E-state index in [9.17, 15) is 4.79 Å². The van der Waals surface area contributed by atoms with Crippen LogP contribution in [0.15, 0.2) is 41.0 Å². The summed E-state index contributed by atoms with van der Waals surface area (Å²) in [6, 6.07) is 6.71. The molecule has 1 aromatic carbocycles. The average Bonchev–Trinajstić information content (AvgIpc) is 3.06. The lowest BCUT2D eigenvalue weighted by molar-refractivity contribution is 0.102. The molecule has 5 heteroatoms. The highest BCUT2D eigenvalue weighted by atomic mass is 16.5.